The number of furan rings is 1. The van der Waals surface area contributed by atoms with Crippen molar-refractivity contribution in [2.75, 3.05) is 18.8 Å². The van der Waals surface area contributed by atoms with Crippen LogP contribution >= 0.6 is 11.8 Å². The predicted molar refractivity (Wildman–Crippen MR) is 81.1 cm³/mol. The van der Waals surface area contributed by atoms with Gasteiger partial charge in [-0.3, -0.25) is 4.79 Å². The molecular formula is C15H25NO2S. The number of thioether (sulfide) groups is 1. The van der Waals surface area contributed by atoms with E-state index in [-0.39, 0.29) is 5.91 Å². The van der Waals surface area contributed by atoms with Gasteiger partial charge < -0.3 is 9.32 Å². The molecule has 108 valence electrons. The second-order valence-electron chi connectivity index (χ2n) is 5.66. The molecule has 0 unspecified atom stereocenters. The van der Waals surface area contributed by atoms with Crippen LogP contribution in [0.15, 0.2) is 22.8 Å². The first-order valence-corrected chi connectivity index (χ1v) is 8.02. The van der Waals surface area contributed by atoms with E-state index >= 15 is 0 Å². The molecule has 1 amide bonds. The van der Waals surface area contributed by atoms with Crippen LogP contribution in [0, 0.1) is 11.8 Å². The lowest BCUT2D eigenvalue weighted by Gasteiger charge is -2.26. The summed E-state index contributed by atoms with van der Waals surface area (Å²) in [7, 11) is 0. The fourth-order valence-electron chi connectivity index (χ4n) is 1.88. The van der Waals surface area contributed by atoms with Crippen molar-refractivity contribution in [1.82, 2.24) is 4.90 Å². The van der Waals surface area contributed by atoms with Crippen LogP contribution < -0.4 is 0 Å². The van der Waals surface area contributed by atoms with E-state index in [9.17, 15) is 4.79 Å². The third-order valence-corrected chi connectivity index (χ3v) is 3.51. The highest BCUT2D eigenvalue weighted by molar-refractivity contribution is 7.99. The van der Waals surface area contributed by atoms with Gasteiger partial charge >= 0.3 is 0 Å². The van der Waals surface area contributed by atoms with E-state index in [1.54, 1.807) is 18.0 Å². The Morgan fingerprint density at radius 2 is 1.89 bits per heavy atom. The van der Waals surface area contributed by atoms with Crippen molar-refractivity contribution in [1.29, 1.82) is 0 Å². The lowest BCUT2D eigenvalue weighted by Crippen LogP contribution is -2.38. The van der Waals surface area contributed by atoms with Crippen LogP contribution in [0.5, 0.6) is 0 Å². The summed E-state index contributed by atoms with van der Waals surface area (Å²) < 4.78 is 5.26. The molecule has 0 bridgehead atoms. The molecule has 0 aliphatic carbocycles. The molecule has 0 aromatic carbocycles. The zero-order valence-electron chi connectivity index (χ0n) is 12.4. The number of hydrogen-bond donors (Lipinski definition) is 0. The Bertz CT molecular complexity index is 350. The minimum atomic E-state index is 0.235. The first-order chi connectivity index (χ1) is 8.99. The molecule has 0 saturated carbocycles. The Morgan fingerprint density at radius 1 is 1.26 bits per heavy atom. The summed E-state index contributed by atoms with van der Waals surface area (Å²) in [4.78, 5) is 14.2. The normalized spacial score (nSPS) is 11.3. The molecule has 0 atom stereocenters. The number of rotatable bonds is 8. The van der Waals surface area contributed by atoms with Crippen LogP contribution in [0.1, 0.15) is 33.5 Å². The highest BCUT2D eigenvalue weighted by atomic mass is 32.2. The number of carbonyl (C=O) groups excluding carboxylic acids is 1. The van der Waals surface area contributed by atoms with Gasteiger partial charge in [-0.05, 0) is 24.0 Å². The maximum Gasteiger partial charge on any atom is 0.232 e. The van der Waals surface area contributed by atoms with Crippen LogP contribution in [-0.2, 0) is 10.5 Å². The van der Waals surface area contributed by atoms with E-state index in [4.69, 9.17) is 4.42 Å². The van der Waals surface area contributed by atoms with Crippen molar-refractivity contribution in [2.45, 2.75) is 33.4 Å². The zero-order valence-corrected chi connectivity index (χ0v) is 13.2. The lowest BCUT2D eigenvalue weighted by molar-refractivity contribution is -0.129. The average molecular weight is 283 g/mol. The van der Waals surface area contributed by atoms with E-state index in [2.05, 4.69) is 27.7 Å². The van der Waals surface area contributed by atoms with Gasteiger partial charge in [-0.25, -0.2) is 0 Å². The molecule has 0 radical (unpaired) electrons. The van der Waals surface area contributed by atoms with E-state index in [0.717, 1.165) is 24.6 Å². The van der Waals surface area contributed by atoms with Gasteiger partial charge in [0.2, 0.25) is 5.91 Å². The molecule has 1 aromatic heterocycles. The van der Waals surface area contributed by atoms with Gasteiger partial charge in [-0.15, -0.1) is 11.8 Å². The van der Waals surface area contributed by atoms with Crippen LogP contribution in [0.4, 0.5) is 0 Å². The zero-order chi connectivity index (χ0) is 14.3. The fourth-order valence-corrected chi connectivity index (χ4v) is 2.71. The van der Waals surface area contributed by atoms with Crippen molar-refractivity contribution >= 4 is 17.7 Å². The van der Waals surface area contributed by atoms with Crippen LogP contribution in [0.25, 0.3) is 0 Å². The number of nitrogens with zero attached hydrogens (tertiary/aromatic N) is 1. The molecule has 0 aliphatic rings. The van der Waals surface area contributed by atoms with E-state index in [1.807, 2.05) is 17.0 Å². The summed E-state index contributed by atoms with van der Waals surface area (Å²) in [6.07, 6.45) is 1.67. The summed E-state index contributed by atoms with van der Waals surface area (Å²) in [5, 5.41) is 0. The molecule has 0 N–H and O–H groups in total. The molecular weight excluding hydrogens is 258 g/mol. The van der Waals surface area contributed by atoms with Crippen LogP contribution in [0.3, 0.4) is 0 Å². The predicted octanol–water partition coefficient (Wildman–Crippen LogP) is 3.65. The molecule has 19 heavy (non-hydrogen) atoms. The van der Waals surface area contributed by atoms with Gasteiger partial charge in [0.25, 0.3) is 0 Å². The first-order valence-electron chi connectivity index (χ1n) is 6.87. The highest BCUT2D eigenvalue weighted by Crippen LogP contribution is 2.14. The number of amides is 1. The Balaban J connectivity index is 2.37. The minimum Gasteiger partial charge on any atom is -0.468 e. The molecule has 1 heterocycles. The first kappa shape index (κ1) is 16.2. The number of carbonyl (C=O) groups is 1. The van der Waals surface area contributed by atoms with Gasteiger partial charge in [-0.2, -0.15) is 0 Å². The molecule has 4 heteroatoms. The Morgan fingerprint density at radius 3 is 2.37 bits per heavy atom. The summed E-state index contributed by atoms with van der Waals surface area (Å²) in [5.74, 6) is 3.47. The molecule has 0 spiro atoms. The summed E-state index contributed by atoms with van der Waals surface area (Å²) >= 11 is 1.62. The quantitative estimate of drug-likeness (QED) is 0.730. The summed E-state index contributed by atoms with van der Waals surface area (Å²) in [6, 6.07) is 3.82. The Kier molecular flexibility index (Phi) is 7.06. The van der Waals surface area contributed by atoms with Gasteiger partial charge in [0.1, 0.15) is 5.76 Å². The summed E-state index contributed by atoms with van der Waals surface area (Å²) in [5.41, 5.74) is 0. The third-order valence-electron chi connectivity index (χ3n) is 2.57. The largest absolute Gasteiger partial charge is 0.468 e. The Hall–Kier alpha value is -0.900. The fraction of sp³-hybridized carbons (Fsp3) is 0.667. The Labute approximate surface area is 120 Å². The van der Waals surface area contributed by atoms with Gasteiger partial charge in [0.05, 0.1) is 17.8 Å². The highest BCUT2D eigenvalue weighted by Gasteiger charge is 2.16. The van der Waals surface area contributed by atoms with E-state index in [1.165, 1.54) is 0 Å². The molecule has 0 aliphatic heterocycles. The van der Waals surface area contributed by atoms with Crippen molar-refractivity contribution in [3.63, 3.8) is 0 Å². The van der Waals surface area contributed by atoms with Gasteiger partial charge in [0.15, 0.2) is 0 Å². The maximum atomic E-state index is 12.2. The molecule has 0 fully saturated rings. The monoisotopic (exact) mass is 283 g/mol. The van der Waals surface area contributed by atoms with Crippen molar-refractivity contribution in [3.8, 4) is 0 Å². The van der Waals surface area contributed by atoms with Crippen molar-refractivity contribution in [2.24, 2.45) is 11.8 Å². The number of hydrogen-bond acceptors (Lipinski definition) is 3. The average Bonchev–Trinajstić information content (AvgIpc) is 2.79. The molecule has 1 rings (SSSR count). The van der Waals surface area contributed by atoms with Crippen molar-refractivity contribution < 1.29 is 9.21 Å². The van der Waals surface area contributed by atoms with Gasteiger partial charge in [-0.1, -0.05) is 27.7 Å². The minimum absolute atomic E-state index is 0.235. The molecule has 1 aromatic rings. The van der Waals surface area contributed by atoms with E-state index < -0.39 is 0 Å². The van der Waals surface area contributed by atoms with Crippen LogP contribution in [-0.4, -0.2) is 29.6 Å². The van der Waals surface area contributed by atoms with Crippen molar-refractivity contribution in [3.05, 3.63) is 24.2 Å². The third kappa shape index (κ3) is 6.71. The summed E-state index contributed by atoms with van der Waals surface area (Å²) in [6.45, 7) is 10.3. The topological polar surface area (TPSA) is 33.5 Å². The SMILES string of the molecule is CC(C)CN(CC(C)C)C(=O)CSCc1ccco1. The second-order valence-corrected chi connectivity index (χ2v) is 6.64. The smallest absolute Gasteiger partial charge is 0.232 e. The van der Waals surface area contributed by atoms with E-state index in [0.29, 0.717) is 17.6 Å². The molecule has 3 nitrogen and oxygen atoms in total. The van der Waals surface area contributed by atoms with Crippen LogP contribution in [0.2, 0.25) is 0 Å². The molecule has 0 saturated heterocycles. The maximum absolute atomic E-state index is 12.2. The second kappa shape index (κ2) is 8.31. The standard InChI is InChI=1S/C15H25NO2S/c1-12(2)8-16(9-13(3)4)15(17)11-19-10-14-6-5-7-18-14/h5-7,12-13H,8-11H2,1-4H3. The van der Waals surface area contributed by atoms with Gasteiger partial charge in [0, 0.05) is 13.1 Å². The lowest BCUT2D eigenvalue weighted by atomic mass is 10.1.